The third-order valence-electron chi connectivity index (χ3n) is 8.72. The van der Waals surface area contributed by atoms with E-state index in [4.69, 9.17) is 13.6 Å². The molecule has 0 radical (unpaired) electrons. The molecule has 4 aromatic rings. The zero-order chi connectivity index (χ0) is 29.1. The molecule has 2 aliphatic rings. The van der Waals surface area contributed by atoms with Gasteiger partial charge in [0, 0.05) is 25.7 Å². The van der Waals surface area contributed by atoms with E-state index >= 15 is 0 Å². The zero-order valence-electron chi connectivity index (χ0n) is 24.7. The molecule has 0 fully saturated rings. The quantitative estimate of drug-likeness (QED) is 0.264. The molecule has 2 heterocycles. The van der Waals surface area contributed by atoms with Gasteiger partial charge < -0.3 is 23.8 Å². The third-order valence-corrected chi connectivity index (χ3v) is 16.2. The Morgan fingerprint density at radius 1 is 0.537 bits per heavy atom. The highest BCUT2D eigenvalue weighted by Gasteiger charge is 2.38. The van der Waals surface area contributed by atoms with Crippen LogP contribution in [-0.4, -0.2) is 41.1 Å². The lowest BCUT2D eigenvalue weighted by Crippen LogP contribution is -2.58. The highest BCUT2D eigenvalue weighted by Crippen LogP contribution is 2.38. The Hall–Kier alpha value is -3.53. The van der Waals surface area contributed by atoms with E-state index in [1.165, 1.54) is 0 Å². The van der Waals surface area contributed by atoms with E-state index in [1.54, 1.807) is 14.2 Å². The smallest absolute Gasteiger partial charge is 0.206 e. The molecule has 0 saturated carbocycles. The van der Waals surface area contributed by atoms with E-state index in [2.05, 4.69) is 74.7 Å². The van der Waals surface area contributed by atoms with Crippen molar-refractivity contribution in [2.45, 2.75) is 51.9 Å². The number of hydrogen-bond donors (Lipinski definition) is 2. The largest absolute Gasteiger partial charge is 0.507 e. The molecule has 5 nitrogen and oxygen atoms in total. The molecular weight excluding hydrogens is 545 g/mol. The molecular formula is C34H38O5Si2. The highest BCUT2D eigenvalue weighted by molar-refractivity contribution is 6.96. The maximum atomic E-state index is 11.8. The standard InChI is InChI=1S/C34H38O5Si2/c1-37-33-21-9-7-10-22(33)14-26-18-30-20-28(32(26)36)16-24-12-8-11-23(34(24)38-2)15-27-19-29(17-25(13-21)31(27)35)40(3,4)39-41(30,5)6/h7-12,17-20,35-36H,13-16H2,1-6H3. The molecule has 0 saturated heterocycles. The minimum absolute atomic E-state index is 0.306. The van der Waals surface area contributed by atoms with Gasteiger partial charge in [-0.2, -0.15) is 0 Å². The van der Waals surface area contributed by atoms with Crippen LogP contribution in [0, 0.1) is 0 Å². The van der Waals surface area contributed by atoms with E-state index in [1.807, 2.05) is 12.1 Å². The van der Waals surface area contributed by atoms with E-state index < -0.39 is 16.6 Å². The summed E-state index contributed by atoms with van der Waals surface area (Å²) < 4.78 is 19.2. The molecule has 0 spiro atoms. The SMILES string of the molecule is COc1c2cccc1Cc1cc3cc(c1O)Cc1cccc(c1OC)Cc1cc(cc(c1O)C2)[Si](C)(C)O[Si]3(C)C. The first-order valence-corrected chi connectivity index (χ1v) is 20.0. The highest BCUT2D eigenvalue weighted by atomic mass is 28.4. The van der Waals surface area contributed by atoms with Crippen molar-refractivity contribution in [1.29, 1.82) is 0 Å². The van der Waals surface area contributed by atoms with Crippen molar-refractivity contribution >= 4 is 27.0 Å². The second-order valence-corrected chi connectivity index (χ2v) is 20.3. The maximum absolute atomic E-state index is 11.8. The molecule has 0 amide bonds. The summed E-state index contributed by atoms with van der Waals surface area (Å²) in [5.74, 6) is 2.21. The Bertz CT molecular complexity index is 1460. The van der Waals surface area contributed by atoms with Gasteiger partial charge in [-0.05, 0) is 81.1 Å². The summed E-state index contributed by atoms with van der Waals surface area (Å²) in [6, 6.07) is 20.9. The van der Waals surface area contributed by atoms with Crippen LogP contribution >= 0.6 is 0 Å². The summed E-state index contributed by atoms with van der Waals surface area (Å²) in [4.78, 5) is 0. The summed E-state index contributed by atoms with van der Waals surface area (Å²) in [6.07, 6.45) is 2.07. The summed E-state index contributed by atoms with van der Waals surface area (Å²) in [6.45, 7) is 9.02. The predicted molar refractivity (Wildman–Crippen MR) is 169 cm³/mol. The molecule has 7 heteroatoms. The normalized spacial score (nSPS) is 16.6. The van der Waals surface area contributed by atoms with Gasteiger partial charge >= 0.3 is 0 Å². The van der Waals surface area contributed by atoms with Gasteiger partial charge in [-0.3, -0.25) is 0 Å². The van der Waals surface area contributed by atoms with Crippen LogP contribution in [0.2, 0.25) is 26.2 Å². The van der Waals surface area contributed by atoms with Crippen LogP contribution in [0.3, 0.4) is 0 Å². The molecule has 0 aliphatic carbocycles. The number of aromatic hydroxyl groups is 2. The van der Waals surface area contributed by atoms with Crippen LogP contribution in [0.5, 0.6) is 23.0 Å². The first-order chi connectivity index (χ1) is 19.5. The van der Waals surface area contributed by atoms with E-state index in [9.17, 15) is 10.2 Å². The molecule has 2 aliphatic heterocycles. The number of fused-ring (bicyclic) bond motifs is 10. The first kappa shape index (κ1) is 27.6. The molecule has 2 N–H and O–H groups in total. The van der Waals surface area contributed by atoms with Gasteiger partial charge in [-0.1, -0.05) is 60.7 Å². The van der Waals surface area contributed by atoms with Gasteiger partial charge in [0.15, 0.2) is 0 Å². The number of hydrogen-bond acceptors (Lipinski definition) is 5. The van der Waals surface area contributed by atoms with Gasteiger partial charge in [0.2, 0.25) is 16.6 Å². The number of para-hydroxylation sites is 2. The molecule has 0 aromatic heterocycles. The summed E-state index contributed by atoms with van der Waals surface area (Å²) >= 11 is 0. The Balaban J connectivity index is 1.76. The fourth-order valence-corrected chi connectivity index (χ4v) is 14.8. The number of methoxy groups -OCH3 is 2. The lowest BCUT2D eigenvalue weighted by molar-refractivity contribution is 0.404. The summed E-state index contributed by atoms with van der Waals surface area (Å²) in [5.41, 5.74) is 7.44. The number of benzene rings is 4. The van der Waals surface area contributed by atoms with Crippen LogP contribution < -0.4 is 19.8 Å². The average Bonchev–Trinajstić information content (AvgIpc) is 2.91. The second kappa shape index (κ2) is 10.1. The van der Waals surface area contributed by atoms with E-state index in [0.717, 1.165) is 66.4 Å². The van der Waals surface area contributed by atoms with Crippen LogP contribution in [0.1, 0.15) is 44.5 Å². The zero-order valence-corrected chi connectivity index (χ0v) is 26.7. The van der Waals surface area contributed by atoms with Crippen molar-refractivity contribution < 1.29 is 23.8 Å². The lowest BCUT2D eigenvalue weighted by atomic mass is 9.91. The van der Waals surface area contributed by atoms with E-state index in [0.29, 0.717) is 37.2 Å². The maximum Gasteiger partial charge on any atom is 0.206 e. The lowest BCUT2D eigenvalue weighted by Gasteiger charge is -2.36. The van der Waals surface area contributed by atoms with Crippen molar-refractivity contribution in [3.63, 3.8) is 0 Å². The molecule has 10 bridgehead atoms. The minimum Gasteiger partial charge on any atom is -0.507 e. The van der Waals surface area contributed by atoms with Crippen LogP contribution in [0.4, 0.5) is 0 Å². The second-order valence-electron chi connectivity index (χ2n) is 12.3. The van der Waals surface area contributed by atoms with Crippen molar-refractivity contribution in [3.05, 3.63) is 105 Å². The topological polar surface area (TPSA) is 68.2 Å². The van der Waals surface area contributed by atoms with Crippen molar-refractivity contribution in [1.82, 2.24) is 0 Å². The van der Waals surface area contributed by atoms with Crippen molar-refractivity contribution in [2.24, 2.45) is 0 Å². The summed E-state index contributed by atoms with van der Waals surface area (Å²) in [5, 5.41) is 25.8. The predicted octanol–water partition coefficient (Wildman–Crippen LogP) is 5.65. The molecule has 212 valence electrons. The van der Waals surface area contributed by atoms with Crippen molar-refractivity contribution in [3.8, 4) is 23.0 Å². The van der Waals surface area contributed by atoms with E-state index in [-0.39, 0.29) is 0 Å². The number of ether oxygens (including phenoxy) is 2. The molecule has 0 unspecified atom stereocenters. The van der Waals surface area contributed by atoms with Crippen LogP contribution in [0.25, 0.3) is 0 Å². The number of phenols is 2. The Labute approximate surface area is 244 Å². The monoisotopic (exact) mass is 582 g/mol. The van der Waals surface area contributed by atoms with Gasteiger partial charge in [0.05, 0.1) is 14.2 Å². The Kier molecular flexibility index (Phi) is 6.79. The molecule has 6 rings (SSSR count). The van der Waals surface area contributed by atoms with Crippen molar-refractivity contribution in [2.75, 3.05) is 14.2 Å². The number of phenolic OH excluding ortho intramolecular Hbond substituents is 2. The number of rotatable bonds is 2. The van der Waals surface area contributed by atoms with Gasteiger partial charge in [-0.15, -0.1) is 0 Å². The summed E-state index contributed by atoms with van der Waals surface area (Å²) in [7, 11) is -1.51. The van der Waals surface area contributed by atoms with Gasteiger partial charge in [0.1, 0.15) is 23.0 Å². The Morgan fingerprint density at radius 3 is 1.10 bits per heavy atom. The fourth-order valence-electron chi connectivity index (χ4n) is 6.69. The molecule has 41 heavy (non-hydrogen) atoms. The van der Waals surface area contributed by atoms with Crippen LogP contribution in [-0.2, 0) is 29.8 Å². The fraction of sp³-hybridized carbons (Fsp3) is 0.294. The first-order valence-electron chi connectivity index (χ1n) is 14.2. The molecule has 0 atom stereocenters. The van der Waals surface area contributed by atoms with Crippen LogP contribution in [0.15, 0.2) is 60.7 Å². The minimum atomic E-state index is -2.45. The average molecular weight is 583 g/mol. The molecule has 4 aromatic carbocycles. The Morgan fingerprint density at radius 2 is 0.829 bits per heavy atom. The van der Waals surface area contributed by atoms with Gasteiger partial charge in [-0.25, -0.2) is 0 Å². The third kappa shape index (κ3) is 4.86. The van der Waals surface area contributed by atoms with Gasteiger partial charge in [0.25, 0.3) is 0 Å².